The van der Waals surface area contributed by atoms with E-state index in [1.54, 1.807) is 0 Å². The van der Waals surface area contributed by atoms with E-state index in [2.05, 4.69) is 5.10 Å². The lowest BCUT2D eigenvalue weighted by molar-refractivity contribution is 0.0690. The normalized spacial score (nSPS) is 11.3. The summed E-state index contributed by atoms with van der Waals surface area (Å²) in [6.07, 6.45) is 0. The Labute approximate surface area is 118 Å². The van der Waals surface area contributed by atoms with Crippen LogP contribution in [-0.2, 0) is 10.1 Å². The molecule has 0 saturated carbocycles. The second-order valence-corrected chi connectivity index (χ2v) is 5.35. The van der Waals surface area contributed by atoms with E-state index >= 15 is 0 Å². The lowest BCUT2D eigenvalue weighted by Crippen LogP contribution is -2.14. The average Bonchev–Trinajstić information content (AvgIpc) is 2.79. The van der Waals surface area contributed by atoms with Crippen LogP contribution in [0.5, 0.6) is 5.75 Å². The number of aromatic amines is 1. The van der Waals surface area contributed by atoms with Gasteiger partial charge < -0.3 is 9.84 Å². The fourth-order valence-corrected chi connectivity index (χ4v) is 2.38. The fraction of sp³-hybridized carbons (Fsp3) is 0.0909. The van der Waals surface area contributed by atoms with Crippen LogP contribution in [0.2, 0.25) is 0 Å². The number of carbonyl (C=O) groups is 1. The summed E-state index contributed by atoms with van der Waals surface area (Å²) in [4.78, 5) is 21.9. The van der Waals surface area contributed by atoms with E-state index in [1.165, 1.54) is 19.2 Å². The highest BCUT2D eigenvalue weighted by molar-refractivity contribution is 7.86. The highest BCUT2D eigenvalue weighted by Crippen LogP contribution is 2.25. The van der Waals surface area contributed by atoms with Crippen LogP contribution >= 0.6 is 0 Å². The molecule has 0 aliphatic heterocycles. The van der Waals surface area contributed by atoms with Crippen LogP contribution in [0.3, 0.4) is 0 Å². The highest BCUT2D eigenvalue weighted by atomic mass is 32.2. The van der Waals surface area contributed by atoms with Gasteiger partial charge >= 0.3 is 5.97 Å². The van der Waals surface area contributed by atoms with Crippen molar-refractivity contribution < 1.29 is 27.6 Å². The molecular weight excluding hydrogens is 304 g/mol. The Morgan fingerprint density at radius 1 is 1.33 bits per heavy atom. The summed E-state index contributed by atoms with van der Waals surface area (Å²) in [5, 5.41) is 11.1. The number of ether oxygens (including phenoxy) is 1. The SMILES string of the molecule is COc1ccc(-n2[nH]c(C(=O)O)cc2=O)cc1S(=O)(=O)O. The summed E-state index contributed by atoms with van der Waals surface area (Å²) in [6.45, 7) is 0. The maximum atomic E-state index is 11.7. The molecule has 112 valence electrons. The van der Waals surface area contributed by atoms with E-state index in [9.17, 15) is 18.0 Å². The number of carboxylic acid groups (broad SMARTS) is 1. The molecule has 2 rings (SSSR count). The number of hydrogen-bond acceptors (Lipinski definition) is 5. The van der Waals surface area contributed by atoms with Gasteiger partial charge in [0.1, 0.15) is 16.3 Å². The summed E-state index contributed by atoms with van der Waals surface area (Å²) in [5.41, 5.74) is -1.02. The largest absolute Gasteiger partial charge is 0.495 e. The Morgan fingerprint density at radius 2 is 2.00 bits per heavy atom. The number of hydrogen-bond donors (Lipinski definition) is 3. The van der Waals surface area contributed by atoms with Crippen LogP contribution < -0.4 is 10.3 Å². The second-order valence-electron chi connectivity index (χ2n) is 3.96. The molecule has 0 bridgehead atoms. The fourth-order valence-electron chi connectivity index (χ4n) is 1.70. The van der Waals surface area contributed by atoms with Gasteiger partial charge in [0.05, 0.1) is 12.8 Å². The lowest BCUT2D eigenvalue weighted by Gasteiger charge is -2.08. The zero-order valence-electron chi connectivity index (χ0n) is 10.6. The Morgan fingerprint density at radius 3 is 2.48 bits per heavy atom. The lowest BCUT2D eigenvalue weighted by atomic mass is 10.3. The topological polar surface area (TPSA) is 139 Å². The summed E-state index contributed by atoms with van der Waals surface area (Å²) >= 11 is 0. The molecule has 0 atom stereocenters. The smallest absolute Gasteiger partial charge is 0.353 e. The molecular formula is C11H10N2O7S. The quantitative estimate of drug-likeness (QED) is 0.681. The van der Waals surface area contributed by atoms with Crippen LogP contribution in [0, 0.1) is 0 Å². The minimum atomic E-state index is -4.57. The van der Waals surface area contributed by atoms with Crippen molar-refractivity contribution in [2.75, 3.05) is 7.11 Å². The number of H-pyrrole nitrogens is 1. The molecule has 21 heavy (non-hydrogen) atoms. The van der Waals surface area contributed by atoms with Crippen molar-refractivity contribution in [3.05, 3.63) is 40.3 Å². The van der Waals surface area contributed by atoms with Gasteiger partial charge in [-0.25, -0.2) is 9.48 Å². The second kappa shape index (κ2) is 5.07. The van der Waals surface area contributed by atoms with E-state index in [0.29, 0.717) is 0 Å². The summed E-state index contributed by atoms with van der Waals surface area (Å²) in [5.74, 6) is -1.45. The van der Waals surface area contributed by atoms with Gasteiger partial charge in [0, 0.05) is 6.07 Å². The van der Waals surface area contributed by atoms with Gasteiger partial charge in [-0.15, -0.1) is 0 Å². The molecule has 0 radical (unpaired) electrons. The van der Waals surface area contributed by atoms with Gasteiger partial charge in [-0.05, 0) is 18.2 Å². The summed E-state index contributed by atoms with van der Waals surface area (Å²) < 4.78 is 37.3. The van der Waals surface area contributed by atoms with Crippen molar-refractivity contribution in [1.29, 1.82) is 0 Å². The van der Waals surface area contributed by atoms with Gasteiger partial charge in [0.2, 0.25) is 0 Å². The van der Waals surface area contributed by atoms with E-state index in [1.807, 2.05) is 0 Å². The van der Waals surface area contributed by atoms with Gasteiger partial charge in [0.15, 0.2) is 0 Å². The summed E-state index contributed by atoms with van der Waals surface area (Å²) in [7, 11) is -3.35. The maximum Gasteiger partial charge on any atom is 0.353 e. The Kier molecular flexibility index (Phi) is 3.58. The molecule has 0 amide bonds. The minimum absolute atomic E-state index is 0.0286. The number of carboxylic acids is 1. The third kappa shape index (κ3) is 2.80. The van der Waals surface area contributed by atoms with Crippen LogP contribution in [-0.4, -0.2) is 40.9 Å². The van der Waals surface area contributed by atoms with Gasteiger partial charge in [-0.3, -0.25) is 14.4 Å². The van der Waals surface area contributed by atoms with Crippen LogP contribution in [0.15, 0.2) is 34.0 Å². The first-order valence-corrected chi connectivity index (χ1v) is 6.89. The standard InChI is InChI=1S/C11H10N2O7S/c1-20-8-3-2-6(4-9(8)21(17,18)19)13-10(14)5-7(12-13)11(15)16/h2-5,12H,1H3,(H,15,16)(H,17,18,19). The first kappa shape index (κ1) is 14.8. The molecule has 0 unspecified atom stereocenters. The van der Waals surface area contributed by atoms with Crippen LogP contribution in [0.1, 0.15) is 10.5 Å². The van der Waals surface area contributed by atoms with Crippen molar-refractivity contribution in [2.24, 2.45) is 0 Å². The van der Waals surface area contributed by atoms with E-state index in [0.717, 1.165) is 16.8 Å². The number of methoxy groups -OCH3 is 1. The van der Waals surface area contributed by atoms with E-state index in [4.69, 9.17) is 14.4 Å². The Bertz CT molecular complexity index is 863. The summed E-state index contributed by atoms with van der Waals surface area (Å²) in [6, 6.07) is 4.39. The predicted octanol–water partition coefficient (Wildman–Crippen LogP) is 0.119. The molecule has 2 aromatic rings. The maximum absolute atomic E-state index is 11.7. The first-order valence-electron chi connectivity index (χ1n) is 5.45. The van der Waals surface area contributed by atoms with Crippen molar-refractivity contribution in [2.45, 2.75) is 4.90 Å². The Balaban J connectivity index is 2.66. The molecule has 1 aromatic carbocycles. The van der Waals surface area contributed by atoms with Crippen molar-refractivity contribution in [1.82, 2.24) is 9.78 Å². The number of benzene rings is 1. The van der Waals surface area contributed by atoms with Crippen molar-refractivity contribution >= 4 is 16.1 Å². The number of nitrogens with one attached hydrogen (secondary N) is 1. The minimum Gasteiger partial charge on any atom is -0.495 e. The molecule has 10 heteroatoms. The van der Waals surface area contributed by atoms with Gasteiger partial charge in [-0.2, -0.15) is 8.42 Å². The third-order valence-electron chi connectivity index (χ3n) is 2.63. The zero-order valence-corrected chi connectivity index (χ0v) is 11.4. The number of rotatable bonds is 4. The predicted molar refractivity (Wildman–Crippen MR) is 69.7 cm³/mol. The van der Waals surface area contributed by atoms with Gasteiger partial charge in [0.25, 0.3) is 15.7 Å². The number of aromatic nitrogens is 2. The van der Waals surface area contributed by atoms with E-state index in [-0.39, 0.29) is 17.1 Å². The number of nitrogens with zero attached hydrogens (tertiary/aromatic N) is 1. The molecule has 0 spiro atoms. The molecule has 0 fully saturated rings. The zero-order chi connectivity index (χ0) is 15.8. The third-order valence-corrected chi connectivity index (χ3v) is 3.51. The molecule has 0 aliphatic carbocycles. The molecule has 0 aliphatic rings. The van der Waals surface area contributed by atoms with Crippen LogP contribution in [0.4, 0.5) is 0 Å². The molecule has 0 saturated heterocycles. The number of aromatic carboxylic acids is 1. The molecule has 1 heterocycles. The average molecular weight is 314 g/mol. The monoisotopic (exact) mass is 314 g/mol. The Hall–Kier alpha value is -2.59. The van der Waals surface area contributed by atoms with Crippen LogP contribution in [0.25, 0.3) is 5.69 Å². The highest BCUT2D eigenvalue weighted by Gasteiger charge is 2.19. The molecule has 9 nitrogen and oxygen atoms in total. The first-order chi connectivity index (χ1) is 9.74. The molecule has 3 N–H and O–H groups in total. The van der Waals surface area contributed by atoms with Crippen molar-refractivity contribution in [3.63, 3.8) is 0 Å². The van der Waals surface area contributed by atoms with Gasteiger partial charge in [-0.1, -0.05) is 0 Å². The van der Waals surface area contributed by atoms with Crippen molar-refractivity contribution in [3.8, 4) is 11.4 Å². The molecule has 1 aromatic heterocycles. The van der Waals surface area contributed by atoms with E-state index < -0.39 is 26.5 Å².